The molecule has 4 nitrogen and oxygen atoms in total. The van der Waals surface area contributed by atoms with Crippen LogP contribution in [0.1, 0.15) is 38.5 Å². The predicted octanol–water partition coefficient (Wildman–Crippen LogP) is 2.34. The van der Waals surface area contributed by atoms with Crippen LogP contribution in [0.25, 0.3) is 0 Å². The number of carbonyl (C=O) groups is 1. The summed E-state index contributed by atoms with van der Waals surface area (Å²) < 4.78 is 20.6. The van der Waals surface area contributed by atoms with Gasteiger partial charge in [-0.3, -0.25) is 14.1 Å². The largest absolute Gasteiger partial charge is 0.289 e. The first kappa shape index (κ1) is 14.3. The fraction of sp³-hybridized carbons (Fsp3) is 0.889. The average molecular weight is 283 g/mol. The van der Waals surface area contributed by atoms with Crippen molar-refractivity contribution in [2.75, 3.05) is 5.75 Å². The lowest BCUT2D eigenvalue weighted by Crippen LogP contribution is -2.24. The van der Waals surface area contributed by atoms with E-state index in [9.17, 15) is 9.00 Å². The summed E-state index contributed by atoms with van der Waals surface area (Å²) in [6.45, 7) is 0. The molecular formula is C9H17NO3S3. The van der Waals surface area contributed by atoms with Crippen molar-refractivity contribution in [3.8, 4) is 0 Å². The number of unbranched alkanes of at least 4 members (excludes halogenated alkanes) is 2. The van der Waals surface area contributed by atoms with Crippen LogP contribution >= 0.6 is 21.6 Å². The maximum absolute atomic E-state index is 11.0. The maximum atomic E-state index is 11.0. The molecule has 2 unspecified atom stereocenters. The van der Waals surface area contributed by atoms with E-state index >= 15 is 0 Å². The number of carbonyl (C=O) groups excluding carboxylic acids is 1. The molecule has 0 aromatic rings. The molecule has 1 fully saturated rings. The van der Waals surface area contributed by atoms with Crippen molar-refractivity contribution in [1.29, 1.82) is 0 Å². The Bertz CT molecular complexity index is 244. The SMILES string of the molecule is O=C(CCCCCC1CCSS1)NS(=O)O. The van der Waals surface area contributed by atoms with Crippen LogP contribution in [0.3, 0.4) is 0 Å². The average Bonchev–Trinajstić information content (AvgIpc) is 2.68. The quantitative estimate of drug-likeness (QED) is 0.426. The zero-order chi connectivity index (χ0) is 11.8. The normalized spacial score (nSPS) is 21.9. The minimum Gasteiger partial charge on any atom is -0.289 e. The van der Waals surface area contributed by atoms with Crippen molar-refractivity contribution in [3.05, 3.63) is 0 Å². The molecule has 0 spiro atoms. The van der Waals surface area contributed by atoms with E-state index in [1.807, 2.05) is 26.3 Å². The molecule has 94 valence electrons. The lowest BCUT2D eigenvalue weighted by atomic mass is 10.1. The van der Waals surface area contributed by atoms with Gasteiger partial charge in [-0.1, -0.05) is 34.4 Å². The molecular weight excluding hydrogens is 266 g/mol. The highest BCUT2D eigenvalue weighted by Crippen LogP contribution is 2.39. The van der Waals surface area contributed by atoms with Gasteiger partial charge in [-0.15, -0.1) is 0 Å². The van der Waals surface area contributed by atoms with Crippen molar-refractivity contribution in [2.45, 2.75) is 43.8 Å². The number of hydrogen-bond acceptors (Lipinski definition) is 4. The van der Waals surface area contributed by atoms with E-state index in [4.69, 9.17) is 4.55 Å². The van der Waals surface area contributed by atoms with Gasteiger partial charge in [0.05, 0.1) is 0 Å². The van der Waals surface area contributed by atoms with E-state index in [0.29, 0.717) is 6.42 Å². The number of rotatable bonds is 7. The highest BCUT2D eigenvalue weighted by molar-refractivity contribution is 8.77. The van der Waals surface area contributed by atoms with Crippen LogP contribution < -0.4 is 4.72 Å². The van der Waals surface area contributed by atoms with E-state index in [0.717, 1.165) is 24.5 Å². The Morgan fingerprint density at radius 1 is 1.44 bits per heavy atom. The van der Waals surface area contributed by atoms with Gasteiger partial charge in [0.15, 0.2) is 0 Å². The zero-order valence-corrected chi connectivity index (χ0v) is 11.5. The summed E-state index contributed by atoms with van der Waals surface area (Å²) in [5.74, 6) is 0.923. The van der Waals surface area contributed by atoms with Gasteiger partial charge in [0.25, 0.3) is 11.3 Å². The first-order valence-electron chi connectivity index (χ1n) is 5.37. The fourth-order valence-corrected chi connectivity index (χ4v) is 4.87. The third kappa shape index (κ3) is 6.78. The van der Waals surface area contributed by atoms with Crippen molar-refractivity contribution >= 4 is 38.8 Å². The highest BCUT2D eigenvalue weighted by atomic mass is 33.1. The number of amides is 1. The Kier molecular flexibility index (Phi) is 7.51. The van der Waals surface area contributed by atoms with Gasteiger partial charge in [-0.25, -0.2) is 4.21 Å². The van der Waals surface area contributed by atoms with Crippen LogP contribution in [0.4, 0.5) is 0 Å². The molecule has 0 radical (unpaired) electrons. The zero-order valence-electron chi connectivity index (χ0n) is 9.02. The van der Waals surface area contributed by atoms with Gasteiger partial charge >= 0.3 is 0 Å². The molecule has 1 aliphatic heterocycles. The molecule has 1 aliphatic rings. The Morgan fingerprint density at radius 3 is 2.88 bits per heavy atom. The summed E-state index contributed by atoms with van der Waals surface area (Å²) in [7, 11) is 3.93. The predicted molar refractivity (Wildman–Crippen MR) is 70.5 cm³/mol. The van der Waals surface area contributed by atoms with E-state index in [1.54, 1.807) is 0 Å². The third-order valence-electron chi connectivity index (χ3n) is 2.36. The molecule has 0 aromatic heterocycles. The molecule has 7 heteroatoms. The Labute approximate surface area is 107 Å². The van der Waals surface area contributed by atoms with Crippen LogP contribution in [-0.4, -0.2) is 25.7 Å². The minimum atomic E-state index is -2.21. The van der Waals surface area contributed by atoms with Crippen LogP contribution in [-0.2, 0) is 16.1 Å². The van der Waals surface area contributed by atoms with Gasteiger partial charge in [-0.05, 0) is 19.3 Å². The molecule has 0 saturated carbocycles. The Hall–Kier alpha value is 0.280. The lowest BCUT2D eigenvalue weighted by Gasteiger charge is -2.06. The Morgan fingerprint density at radius 2 is 2.25 bits per heavy atom. The van der Waals surface area contributed by atoms with Gasteiger partial charge in [0.1, 0.15) is 0 Å². The third-order valence-corrected chi connectivity index (χ3v) is 5.77. The summed E-state index contributed by atoms with van der Waals surface area (Å²) in [6, 6.07) is 0. The second kappa shape index (κ2) is 8.38. The van der Waals surface area contributed by atoms with Gasteiger partial charge in [0.2, 0.25) is 5.91 Å². The molecule has 2 atom stereocenters. The Balaban J connectivity index is 1.91. The second-order valence-corrected chi connectivity index (χ2v) is 7.19. The van der Waals surface area contributed by atoms with Crippen LogP contribution in [0.15, 0.2) is 0 Å². The van der Waals surface area contributed by atoms with E-state index in [1.165, 1.54) is 18.6 Å². The smallest absolute Gasteiger partial charge is 0.261 e. The molecule has 0 aliphatic carbocycles. The van der Waals surface area contributed by atoms with Crippen molar-refractivity contribution in [3.63, 3.8) is 0 Å². The molecule has 16 heavy (non-hydrogen) atoms. The summed E-state index contributed by atoms with van der Waals surface area (Å²) in [4.78, 5) is 11.0. The number of hydrogen-bond donors (Lipinski definition) is 2. The van der Waals surface area contributed by atoms with Gasteiger partial charge in [-0.2, -0.15) is 0 Å². The first-order valence-corrected chi connectivity index (χ1v) is 8.86. The number of nitrogens with one attached hydrogen (secondary N) is 1. The van der Waals surface area contributed by atoms with Gasteiger partial charge in [0, 0.05) is 17.4 Å². The van der Waals surface area contributed by atoms with Crippen molar-refractivity contribution in [2.24, 2.45) is 0 Å². The summed E-state index contributed by atoms with van der Waals surface area (Å²) >= 11 is -2.21. The van der Waals surface area contributed by atoms with E-state index in [2.05, 4.69) is 0 Å². The summed E-state index contributed by atoms with van der Waals surface area (Å²) in [5.41, 5.74) is 0. The molecule has 2 N–H and O–H groups in total. The lowest BCUT2D eigenvalue weighted by molar-refractivity contribution is -0.119. The molecule has 1 saturated heterocycles. The van der Waals surface area contributed by atoms with E-state index < -0.39 is 11.3 Å². The molecule has 1 heterocycles. The fourth-order valence-electron chi connectivity index (χ4n) is 1.55. The molecule has 1 amide bonds. The second-order valence-electron chi connectivity index (χ2n) is 3.70. The topological polar surface area (TPSA) is 66.4 Å². The van der Waals surface area contributed by atoms with Gasteiger partial charge < -0.3 is 0 Å². The molecule has 1 rings (SSSR count). The van der Waals surface area contributed by atoms with Crippen LogP contribution in [0.5, 0.6) is 0 Å². The van der Waals surface area contributed by atoms with Crippen LogP contribution in [0, 0.1) is 0 Å². The van der Waals surface area contributed by atoms with E-state index in [-0.39, 0.29) is 5.91 Å². The minimum absolute atomic E-state index is 0.341. The molecule has 0 aromatic carbocycles. The van der Waals surface area contributed by atoms with Crippen molar-refractivity contribution in [1.82, 2.24) is 4.72 Å². The summed E-state index contributed by atoms with van der Waals surface area (Å²) in [5, 5.41) is 0.795. The molecule has 0 bridgehead atoms. The van der Waals surface area contributed by atoms with Crippen molar-refractivity contribution < 1.29 is 13.6 Å². The standard InChI is InChI=1S/C9H17NO3S3/c11-9(10-16(12)13)5-3-1-2-4-8-6-7-14-15-8/h8H,1-7H2,(H,10,11)(H,12,13). The maximum Gasteiger partial charge on any atom is 0.261 e. The summed E-state index contributed by atoms with van der Waals surface area (Å²) in [6.07, 6.45) is 5.85. The first-order chi connectivity index (χ1) is 7.68. The highest BCUT2D eigenvalue weighted by Gasteiger charge is 2.15. The van der Waals surface area contributed by atoms with Crippen LogP contribution in [0.2, 0.25) is 0 Å². The monoisotopic (exact) mass is 283 g/mol.